The number of hydroxylamine groups is 1. The minimum Gasteiger partial charge on any atom is -0.384 e. The van der Waals surface area contributed by atoms with Crippen molar-refractivity contribution in [2.24, 2.45) is 5.73 Å². The zero-order chi connectivity index (χ0) is 26.2. The molecule has 0 radical (unpaired) electrons. The van der Waals surface area contributed by atoms with Gasteiger partial charge in [-0.2, -0.15) is 9.76 Å². The van der Waals surface area contributed by atoms with E-state index in [0.29, 0.717) is 30.0 Å². The molecule has 9 nitrogen and oxygen atoms in total. The van der Waals surface area contributed by atoms with Gasteiger partial charge in [0.25, 0.3) is 0 Å². The maximum Gasteiger partial charge on any atom is 0.245 e. The van der Waals surface area contributed by atoms with Crippen LogP contribution in [0.5, 0.6) is 0 Å². The molecular formula is C27H31N5O4S. The number of nitrogens with zero attached hydrogens (tertiary/aromatic N) is 1. The van der Waals surface area contributed by atoms with Crippen molar-refractivity contribution in [2.45, 2.75) is 36.6 Å². The summed E-state index contributed by atoms with van der Waals surface area (Å²) in [6, 6.07) is 19.3. The molecule has 37 heavy (non-hydrogen) atoms. The first-order valence-corrected chi connectivity index (χ1v) is 13.3. The molecule has 1 aliphatic heterocycles. The number of carbonyl (C=O) groups excluding carboxylic acids is 2. The van der Waals surface area contributed by atoms with Gasteiger partial charge in [0, 0.05) is 25.1 Å². The van der Waals surface area contributed by atoms with Crippen molar-refractivity contribution in [3.8, 4) is 0 Å². The van der Waals surface area contributed by atoms with Crippen molar-refractivity contribution in [3.05, 3.63) is 77.9 Å². The van der Waals surface area contributed by atoms with Crippen LogP contribution in [0.25, 0.3) is 10.8 Å². The summed E-state index contributed by atoms with van der Waals surface area (Å²) in [7, 11) is 0. The molecule has 0 spiro atoms. The Balaban J connectivity index is 1.35. The van der Waals surface area contributed by atoms with Crippen molar-refractivity contribution in [1.29, 1.82) is 5.41 Å². The lowest BCUT2D eigenvalue weighted by atomic mass is 10.0. The van der Waals surface area contributed by atoms with Crippen LogP contribution < -0.4 is 16.5 Å². The van der Waals surface area contributed by atoms with E-state index in [9.17, 15) is 13.8 Å². The summed E-state index contributed by atoms with van der Waals surface area (Å²) in [5.41, 5.74) is 9.42. The quantitative estimate of drug-likeness (QED) is 0.184. The van der Waals surface area contributed by atoms with E-state index in [1.807, 2.05) is 30.3 Å². The molecule has 0 aliphatic carbocycles. The Morgan fingerprint density at radius 1 is 1.00 bits per heavy atom. The number of rotatable bonds is 10. The molecule has 1 fully saturated rings. The number of nitrogens with one attached hydrogen (secondary N) is 3. The molecule has 0 aromatic heterocycles. The lowest BCUT2D eigenvalue weighted by Crippen LogP contribution is -2.52. The van der Waals surface area contributed by atoms with Crippen LogP contribution in [0.1, 0.15) is 30.4 Å². The third kappa shape index (κ3) is 7.22. The number of hydrogen-bond donors (Lipinski definition) is 4. The molecule has 3 aromatic carbocycles. The maximum absolute atomic E-state index is 13.2. The SMILES string of the molecule is N=C(N)c1ccc(CC(NC(=O)CNOS(=O)c2ccc3ccccc3c2)C(=O)N2CCCCC2)cc1. The summed E-state index contributed by atoms with van der Waals surface area (Å²) in [6.45, 7) is 1.06. The van der Waals surface area contributed by atoms with E-state index in [4.69, 9.17) is 15.4 Å². The second kappa shape index (κ2) is 12.6. The summed E-state index contributed by atoms with van der Waals surface area (Å²) >= 11 is -1.81. The molecule has 2 unspecified atom stereocenters. The minimum absolute atomic E-state index is 0.0343. The zero-order valence-corrected chi connectivity index (χ0v) is 21.3. The number of nitrogen functional groups attached to an aromatic ring is 1. The van der Waals surface area contributed by atoms with E-state index in [2.05, 4.69) is 10.8 Å². The third-order valence-electron chi connectivity index (χ3n) is 6.29. The molecular weight excluding hydrogens is 490 g/mol. The smallest absolute Gasteiger partial charge is 0.245 e. The van der Waals surface area contributed by atoms with E-state index in [1.165, 1.54) is 0 Å². The topological polar surface area (TPSA) is 138 Å². The maximum atomic E-state index is 13.2. The Morgan fingerprint density at radius 2 is 1.70 bits per heavy atom. The van der Waals surface area contributed by atoms with Crippen LogP contribution >= 0.6 is 0 Å². The molecule has 2 amide bonds. The fraction of sp³-hybridized carbons (Fsp3) is 0.296. The second-order valence-electron chi connectivity index (χ2n) is 8.97. The largest absolute Gasteiger partial charge is 0.384 e. The number of fused-ring (bicyclic) bond motifs is 1. The van der Waals surface area contributed by atoms with Gasteiger partial charge >= 0.3 is 0 Å². The van der Waals surface area contributed by atoms with Crippen LogP contribution in [-0.4, -0.2) is 52.4 Å². The standard InChI is InChI=1S/C27H31N5O4S/c28-26(29)21-10-8-19(9-11-21)16-24(27(34)32-14-4-1-5-15-32)31-25(33)18-30-36-37(35)23-13-12-20-6-2-3-7-22(20)17-23/h2-3,6-13,17,24,30H,1,4-5,14-16,18H2,(H3,28,29)(H,31,33). The summed E-state index contributed by atoms with van der Waals surface area (Å²) < 4.78 is 17.7. The highest BCUT2D eigenvalue weighted by Gasteiger charge is 2.27. The minimum atomic E-state index is -1.81. The number of piperidine rings is 1. The normalized spacial score (nSPS) is 15.2. The molecule has 5 N–H and O–H groups in total. The van der Waals surface area contributed by atoms with Crippen LogP contribution in [0.2, 0.25) is 0 Å². The molecule has 4 rings (SSSR count). The Labute approximate surface area is 218 Å². The molecule has 194 valence electrons. The molecule has 3 aromatic rings. The molecule has 1 aliphatic rings. The number of likely N-dealkylation sites (tertiary alicyclic amines) is 1. The molecule has 2 atom stereocenters. The third-order valence-corrected chi connectivity index (χ3v) is 7.19. The van der Waals surface area contributed by atoms with Crippen LogP contribution in [0.4, 0.5) is 0 Å². The van der Waals surface area contributed by atoms with Gasteiger partial charge in [-0.15, -0.1) is 0 Å². The molecule has 0 bridgehead atoms. The fourth-order valence-corrected chi connectivity index (χ4v) is 4.97. The van der Waals surface area contributed by atoms with Crippen LogP contribution in [-0.2, 0) is 31.4 Å². The van der Waals surface area contributed by atoms with Gasteiger partial charge in [0.1, 0.15) is 18.4 Å². The van der Waals surface area contributed by atoms with Gasteiger partial charge in [0.15, 0.2) is 0 Å². The Bertz CT molecular complexity index is 1290. The van der Waals surface area contributed by atoms with Gasteiger partial charge in [-0.25, -0.2) is 4.21 Å². The van der Waals surface area contributed by atoms with Crippen molar-refractivity contribution in [2.75, 3.05) is 19.6 Å². The van der Waals surface area contributed by atoms with Crippen molar-refractivity contribution >= 4 is 39.5 Å². The molecule has 10 heteroatoms. The van der Waals surface area contributed by atoms with Gasteiger partial charge < -0.3 is 16.0 Å². The summed E-state index contributed by atoms with van der Waals surface area (Å²) in [5.74, 6) is -0.622. The molecule has 1 saturated heterocycles. The van der Waals surface area contributed by atoms with Gasteiger partial charge in [-0.05, 0) is 47.7 Å². The number of carbonyl (C=O) groups is 2. The predicted molar refractivity (Wildman–Crippen MR) is 143 cm³/mol. The van der Waals surface area contributed by atoms with E-state index < -0.39 is 23.0 Å². The van der Waals surface area contributed by atoms with Crippen molar-refractivity contribution < 1.29 is 18.1 Å². The summed E-state index contributed by atoms with van der Waals surface area (Å²) in [5, 5.41) is 12.3. The zero-order valence-electron chi connectivity index (χ0n) is 20.4. The van der Waals surface area contributed by atoms with Crippen LogP contribution in [0, 0.1) is 5.41 Å². The van der Waals surface area contributed by atoms with E-state index >= 15 is 0 Å². The monoisotopic (exact) mass is 521 g/mol. The van der Waals surface area contributed by atoms with Crippen LogP contribution in [0.15, 0.2) is 71.6 Å². The van der Waals surface area contributed by atoms with Crippen molar-refractivity contribution in [3.63, 3.8) is 0 Å². The Morgan fingerprint density at radius 3 is 2.41 bits per heavy atom. The first kappa shape index (κ1) is 26.5. The number of nitrogens with two attached hydrogens (primary N) is 1. The molecule has 0 saturated carbocycles. The summed E-state index contributed by atoms with van der Waals surface area (Å²) in [4.78, 5) is 28.2. The Kier molecular flexibility index (Phi) is 8.99. The van der Waals surface area contributed by atoms with Gasteiger partial charge in [0.05, 0.1) is 4.90 Å². The average molecular weight is 522 g/mol. The number of amides is 2. The van der Waals surface area contributed by atoms with E-state index in [0.717, 1.165) is 35.6 Å². The second-order valence-corrected chi connectivity index (χ2v) is 10.1. The predicted octanol–water partition coefficient (Wildman–Crippen LogP) is 2.41. The number of amidine groups is 1. The highest BCUT2D eigenvalue weighted by molar-refractivity contribution is 7.80. The highest BCUT2D eigenvalue weighted by atomic mass is 32.2. The Hall–Kier alpha value is -3.60. The van der Waals surface area contributed by atoms with Gasteiger partial charge in [-0.1, -0.05) is 54.6 Å². The first-order valence-electron chi connectivity index (χ1n) is 12.2. The number of benzene rings is 3. The van der Waals surface area contributed by atoms with E-state index in [1.54, 1.807) is 41.3 Å². The van der Waals surface area contributed by atoms with Gasteiger partial charge in [0.2, 0.25) is 22.9 Å². The van der Waals surface area contributed by atoms with Gasteiger partial charge in [-0.3, -0.25) is 15.0 Å². The van der Waals surface area contributed by atoms with Crippen LogP contribution in [0.3, 0.4) is 0 Å². The van der Waals surface area contributed by atoms with Crippen molar-refractivity contribution in [1.82, 2.24) is 15.7 Å². The fourth-order valence-electron chi connectivity index (χ4n) is 4.30. The first-order chi connectivity index (χ1) is 17.9. The number of hydrogen-bond acceptors (Lipinski definition) is 6. The average Bonchev–Trinajstić information content (AvgIpc) is 2.92. The molecule has 1 heterocycles. The lowest BCUT2D eigenvalue weighted by Gasteiger charge is -2.31. The highest BCUT2D eigenvalue weighted by Crippen LogP contribution is 2.18. The van der Waals surface area contributed by atoms with E-state index in [-0.39, 0.29) is 18.3 Å². The lowest BCUT2D eigenvalue weighted by molar-refractivity contribution is -0.137. The summed E-state index contributed by atoms with van der Waals surface area (Å²) in [6.07, 6.45) is 3.26.